The van der Waals surface area contributed by atoms with Crippen molar-refractivity contribution in [3.8, 4) is 5.92 Å². The molecule has 0 unspecified atom stereocenters. The Morgan fingerprint density at radius 3 is 2.67 bits per heavy atom. The van der Waals surface area contributed by atoms with Gasteiger partial charge in [0.1, 0.15) is 0 Å². The molecule has 0 aliphatic carbocycles. The summed E-state index contributed by atoms with van der Waals surface area (Å²) in [5.74, 6) is 2.31. The van der Waals surface area contributed by atoms with Crippen molar-refractivity contribution >= 4 is 22.6 Å². The Morgan fingerprint density at radius 2 is 2.22 bits per heavy atom. The summed E-state index contributed by atoms with van der Waals surface area (Å²) in [5.41, 5.74) is 0.835. The lowest BCUT2D eigenvalue weighted by molar-refractivity contribution is 1.60. The van der Waals surface area contributed by atoms with Gasteiger partial charge in [0.05, 0.1) is 0 Å². The van der Waals surface area contributed by atoms with Gasteiger partial charge >= 0.3 is 0 Å². The average Bonchev–Trinajstić information content (AvgIpc) is 1.88. The number of rotatable bonds is 0. The fraction of sp³-hybridized carbons (Fsp3) is 0. The first-order valence-corrected chi connectivity index (χ1v) is 3.59. The van der Waals surface area contributed by atoms with E-state index in [1.165, 1.54) is 0 Å². The quantitative estimate of drug-likeness (QED) is 0.471. The Balaban J connectivity index is 3.12. The molecule has 0 heterocycles. The summed E-state index contributed by atoms with van der Waals surface area (Å²) < 4.78 is 1.14. The van der Waals surface area contributed by atoms with Crippen molar-refractivity contribution in [2.75, 3.05) is 0 Å². The summed E-state index contributed by atoms with van der Waals surface area (Å²) in [6.45, 7) is 0. The van der Waals surface area contributed by atoms with Crippen molar-refractivity contribution in [2.45, 2.75) is 0 Å². The zero-order valence-electron chi connectivity index (χ0n) is 4.69. The molecule has 9 heavy (non-hydrogen) atoms. The number of benzene rings is 1. The van der Waals surface area contributed by atoms with Gasteiger partial charge < -0.3 is 0 Å². The van der Waals surface area contributed by atoms with Crippen LogP contribution in [0.25, 0.3) is 0 Å². The van der Waals surface area contributed by atoms with Crippen LogP contribution in [0.5, 0.6) is 0 Å². The molecule has 0 aromatic heterocycles. The van der Waals surface area contributed by atoms with E-state index in [1.54, 1.807) is 0 Å². The molecule has 1 radical (unpaired) electrons. The smallest absolute Gasteiger partial charge is 0.0266 e. The second-order valence-electron chi connectivity index (χ2n) is 1.64. The SMILES string of the molecule is [C]#Cc1cccc(I)c1. The summed E-state index contributed by atoms with van der Waals surface area (Å²) in [7, 11) is 0. The summed E-state index contributed by atoms with van der Waals surface area (Å²) in [5, 5.41) is 0. The average molecular weight is 227 g/mol. The van der Waals surface area contributed by atoms with Gasteiger partial charge in [0.2, 0.25) is 0 Å². The van der Waals surface area contributed by atoms with E-state index in [9.17, 15) is 0 Å². The first kappa shape index (κ1) is 6.63. The third-order valence-corrected chi connectivity index (χ3v) is 1.64. The van der Waals surface area contributed by atoms with Gasteiger partial charge in [-0.1, -0.05) is 12.0 Å². The summed E-state index contributed by atoms with van der Waals surface area (Å²) in [4.78, 5) is 0. The van der Waals surface area contributed by atoms with Gasteiger partial charge in [0.15, 0.2) is 0 Å². The lowest BCUT2D eigenvalue weighted by Crippen LogP contribution is -1.72. The molecule has 1 rings (SSSR count). The molecule has 0 fully saturated rings. The number of halogens is 1. The van der Waals surface area contributed by atoms with E-state index in [-0.39, 0.29) is 0 Å². The second-order valence-corrected chi connectivity index (χ2v) is 2.88. The molecular formula is C8H4I. The molecule has 0 atom stereocenters. The van der Waals surface area contributed by atoms with Crippen LogP contribution in [0, 0.1) is 15.9 Å². The van der Waals surface area contributed by atoms with Crippen LogP contribution >= 0.6 is 22.6 Å². The van der Waals surface area contributed by atoms with Crippen LogP contribution in [0.4, 0.5) is 0 Å². The maximum absolute atomic E-state index is 6.79. The van der Waals surface area contributed by atoms with E-state index in [0.29, 0.717) is 0 Å². The van der Waals surface area contributed by atoms with Crippen LogP contribution in [0.3, 0.4) is 0 Å². The van der Waals surface area contributed by atoms with E-state index in [4.69, 9.17) is 6.42 Å². The highest BCUT2D eigenvalue weighted by Gasteiger charge is 1.85. The van der Waals surface area contributed by atoms with Crippen molar-refractivity contribution in [3.63, 3.8) is 0 Å². The third kappa shape index (κ3) is 1.72. The van der Waals surface area contributed by atoms with Crippen LogP contribution in [-0.2, 0) is 0 Å². The van der Waals surface area contributed by atoms with Gasteiger partial charge in [-0.25, -0.2) is 0 Å². The molecule has 0 saturated carbocycles. The normalized spacial score (nSPS) is 8.44. The Labute approximate surface area is 68.4 Å². The molecule has 0 aliphatic heterocycles. The van der Waals surface area contributed by atoms with Gasteiger partial charge in [0, 0.05) is 9.13 Å². The summed E-state index contributed by atoms with van der Waals surface area (Å²) in [6.07, 6.45) is 6.79. The highest BCUT2D eigenvalue weighted by Crippen LogP contribution is 2.05. The monoisotopic (exact) mass is 227 g/mol. The molecule has 0 spiro atoms. The first-order valence-electron chi connectivity index (χ1n) is 2.51. The van der Waals surface area contributed by atoms with Crippen LogP contribution in [0.2, 0.25) is 0 Å². The van der Waals surface area contributed by atoms with E-state index < -0.39 is 0 Å². The third-order valence-electron chi connectivity index (χ3n) is 0.969. The van der Waals surface area contributed by atoms with E-state index in [1.807, 2.05) is 24.3 Å². The number of hydrogen-bond donors (Lipinski definition) is 0. The molecule has 0 aliphatic rings. The molecule has 0 saturated heterocycles. The molecule has 0 N–H and O–H groups in total. The molecule has 0 amide bonds. The Bertz CT molecular complexity index is 245. The van der Waals surface area contributed by atoms with Gasteiger partial charge in [-0.15, -0.1) is 0 Å². The van der Waals surface area contributed by atoms with Crippen molar-refractivity contribution in [3.05, 3.63) is 39.8 Å². The molecule has 1 heteroatoms. The maximum Gasteiger partial charge on any atom is 0.0266 e. The van der Waals surface area contributed by atoms with Gasteiger partial charge in [-0.2, -0.15) is 0 Å². The van der Waals surface area contributed by atoms with E-state index in [2.05, 4.69) is 28.5 Å². The van der Waals surface area contributed by atoms with Crippen molar-refractivity contribution in [1.29, 1.82) is 0 Å². The molecule has 1 aromatic carbocycles. The molecular weight excluding hydrogens is 223 g/mol. The zero-order chi connectivity index (χ0) is 6.69. The van der Waals surface area contributed by atoms with Crippen molar-refractivity contribution < 1.29 is 0 Å². The van der Waals surface area contributed by atoms with Crippen LogP contribution in [0.1, 0.15) is 5.56 Å². The Hall–Kier alpha value is -0.490. The predicted molar refractivity (Wildman–Crippen MR) is 45.4 cm³/mol. The Kier molecular flexibility index (Phi) is 2.12. The molecule has 0 bridgehead atoms. The second kappa shape index (κ2) is 2.88. The minimum absolute atomic E-state index is 0.835. The first-order chi connectivity index (χ1) is 4.33. The molecule has 1 aromatic rings. The zero-order valence-corrected chi connectivity index (χ0v) is 6.84. The van der Waals surface area contributed by atoms with Gasteiger partial charge in [-0.3, -0.25) is 0 Å². The largest absolute Gasteiger partial charge is 0.0600 e. The Morgan fingerprint density at radius 1 is 1.44 bits per heavy atom. The van der Waals surface area contributed by atoms with Crippen molar-refractivity contribution in [2.24, 2.45) is 0 Å². The fourth-order valence-corrected chi connectivity index (χ4v) is 1.11. The maximum atomic E-state index is 6.79. The minimum atomic E-state index is 0.835. The minimum Gasteiger partial charge on any atom is -0.0600 e. The van der Waals surface area contributed by atoms with Crippen LogP contribution < -0.4 is 0 Å². The number of hydrogen-bond acceptors (Lipinski definition) is 0. The van der Waals surface area contributed by atoms with E-state index >= 15 is 0 Å². The lowest BCUT2D eigenvalue weighted by atomic mass is 10.2. The van der Waals surface area contributed by atoms with Crippen LogP contribution in [-0.4, -0.2) is 0 Å². The van der Waals surface area contributed by atoms with E-state index in [0.717, 1.165) is 9.13 Å². The molecule has 0 nitrogen and oxygen atoms in total. The molecule has 43 valence electrons. The van der Waals surface area contributed by atoms with Gasteiger partial charge in [-0.05, 0) is 47.2 Å². The predicted octanol–water partition coefficient (Wildman–Crippen LogP) is 2.23. The fourth-order valence-electron chi connectivity index (χ4n) is 0.566. The standard InChI is InChI=1S/C8H4I/c1-2-7-4-3-5-8(9)6-7/h3-6H. The summed E-state index contributed by atoms with van der Waals surface area (Å²) in [6, 6.07) is 7.67. The highest BCUT2D eigenvalue weighted by molar-refractivity contribution is 14.1. The van der Waals surface area contributed by atoms with Crippen molar-refractivity contribution in [1.82, 2.24) is 0 Å². The topological polar surface area (TPSA) is 0 Å². The highest BCUT2D eigenvalue weighted by atomic mass is 127. The lowest BCUT2D eigenvalue weighted by Gasteiger charge is -1.88. The summed E-state index contributed by atoms with van der Waals surface area (Å²) >= 11 is 2.21. The van der Waals surface area contributed by atoms with Gasteiger partial charge in [0.25, 0.3) is 0 Å². The van der Waals surface area contributed by atoms with Crippen LogP contribution in [0.15, 0.2) is 24.3 Å².